The number of benzene rings is 1. The van der Waals surface area contributed by atoms with Crippen LogP contribution in [0.15, 0.2) is 18.2 Å². The van der Waals surface area contributed by atoms with Gasteiger partial charge in [-0.1, -0.05) is 25.0 Å². The first kappa shape index (κ1) is 19.1. The van der Waals surface area contributed by atoms with E-state index < -0.39 is 0 Å². The summed E-state index contributed by atoms with van der Waals surface area (Å²) in [5.74, 6) is 1.70. The van der Waals surface area contributed by atoms with Crippen molar-refractivity contribution < 1.29 is 9.53 Å². The SMILES string of the molecule is COc1cc(CCNC(=O)[C@@]23CCCC[C@H]2CNC3)ccc1C.Cl. The normalized spacial score (nSPS) is 25.5. The van der Waals surface area contributed by atoms with E-state index in [9.17, 15) is 4.79 Å². The van der Waals surface area contributed by atoms with Gasteiger partial charge >= 0.3 is 0 Å². The first-order valence-electron chi connectivity index (χ1n) is 8.78. The second-order valence-corrected chi connectivity index (χ2v) is 7.04. The molecule has 1 aromatic rings. The second kappa shape index (κ2) is 8.21. The number of ether oxygens (including phenoxy) is 1. The average molecular weight is 353 g/mol. The molecule has 1 aromatic carbocycles. The Morgan fingerprint density at radius 1 is 1.42 bits per heavy atom. The quantitative estimate of drug-likeness (QED) is 0.856. The Labute approximate surface area is 151 Å². The third-order valence-corrected chi connectivity index (χ3v) is 5.66. The molecular weight excluding hydrogens is 324 g/mol. The van der Waals surface area contributed by atoms with Crippen LogP contribution >= 0.6 is 12.4 Å². The van der Waals surface area contributed by atoms with Crippen LogP contribution in [-0.4, -0.2) is 32.7 Å². The number of methoxy groups -OCH3 is 1. The summed E-state index contributed by atoms with van der Waals surface area (Å²) in [5, 5.41) is 6.63. The summed E-state index contributed by atoms with van der Waals surface area (Å²) < 4.78 is 5.37. The van der Waals surface area contributed by atoms with Gasteiger partial charge in [0.05, 0.1) is 12.5 Å². The molecular formula is C19H29ClN2O2. The van der Waals surface area contributed by atoms with Gasteiger partial charge in [-0.3, -0.25) is 4.79 Å². The molecule has 4 nitrogen and oxygen atoms in total. The van der Waals surface area contributed by atoms with Crippen LogP contribution in [0.4, 0.5) is 0 Å². The third-order valence-electron chi connectivity index (χ3n) is 5.66. The zero-order valence-corrected chi connectivity index (χ0v) is 15.5. The monoisotopic (exact) mass is 352 g/mol. The summed E-state index contributed by atoms with van der Waals surface area (Å²) in [4.78, 5) is 12.8. The van der Waals surface area contributed by atoms with Crippen molar-refractivity contribution in [2.24, 2.45) is 11.3 Å². The lowest BCUT2D eigenvalue weighted by Crippen LogP contribution is -2.48. The van der Waals surface area contributed by atoms with Crippen LogP contribution in [0.5, 0.6) is 5.75 Å². The van der Waals surface area contributed by atoms with Crippen molar-refractivity contribution in [1.29, 1.82) is 0 Å². The Morgan fingerprint density at radius 2 is 2.25 bits per heavy atom. The van der Waals surface area contributed by atoms with Crippen molar-refractivity contribution >= 4 is 18.3 Å². The summed E-state index contributed by atoms with van der Waals surface area (Å²) in [5.41, 5.74) is 2.19. The van der Waals surface area contributed by atoms with Gasteiger partial charge in [0.2, 0.25) is 5.91 Å². The molecule has 0 unspecified atom stereocenters. The van der Waals surface area contributed by atoms with E-state index in [1.807, 2.05) is 6.92 Å². The minimum atomic E-state index is -0.150. The maximum absolute atomic E-state index is 12.8. The number of amides is 1. The predicted molar refractivity (Wildman–Crippen MR) is 99.0 cm³/mol. The van der Waals surface area contributed by atoms with Gasteiger partial charge in [-0.2, -0.15) is 0 Å². The molecule has 0 bridgehead atoms. The molecule has 1 amide bonds. The molecule has 2 N–H and O–H groups in total. The van der Waals surface area contributed by atoms with Crippen LogP contribution in [0, 0.1) is 18.3 Å². The lowest BCUT2D eigenvalue weighted by atomic mass is 9.67. The number of aryl methyl sites for hydroxylation is 1. The number of fused-ring (bicyclic) bond motifs is 1. The highest BCUT2D eigenvalue weighted by atomic mass is 35.5. The minimum absolute atomic E-state index is 0. The van der Waals surface area contributed by atoms with Crippen molar-refractivity contribution in [3.63, 3.8) is 0 Å². The van der Waals surface area contributed by atoms with Gasteiger partial charge in [0.15, 0.2) is 0 Å². The number of carbonyl (C=O) groups is 1. The van der Waals surface area contributed by atoms with E-state index in [1.54, 1.807) is 7.11 Å². The molecule has 2 atom stereocenters. The molecule has 0 spiro atoms. The molecule has 1 saturated carbocycles. The fourth-order valence-corrected chi connectivity index (χ4v) is 4.21. The van der Waals surface area contributed by atoms with Crippen molar-refractivity contribution in [2.45, 2.75) is 39.0 Å². The first-order chi connectivity index (χ1) is 11.2. The van der Waals surface area contributed by atoms with Crippen molar-refractivity contribution in [2.75, 3.05) is 26.7 Å². The van der Waals surface area contributed by atoms with Crippen molar-refractivity contribution in [3.8, 4) is 5.75 Å². The fraction of sp³-hybridized carbons (Fsp3) is 0.632. The molecule has 134 valence electrons. The van der Waals surface area contributed by atoms with Gasteiger partial charge in [-0.15, -0.1) is 12.4 Å². The number of hydrogen-bond donors (Lipinski definition) is 2. The molecule has 3 rings (SSSR count). The molecule has 5 heteroatoms. The second-order valence-electron chi connectivity index (χ2n) is 7.04. The summed E-state index contributed by atoms with van der Waals surface area (Å²) in [6, 6.07) is 6.26. The number of nitrogens with one attached hydrogen (secondary N) is 2. The number of hydrogen-bond acceptors (Lipinski definition) is 3. The van der Waals surface area contributed by atoms with Gasteiger partial charge in [-0.25, -0.2) is 0 Å². The van der Waals surface area contributed by atoms with E-state index in [1.165, 1.54) is 24.8 Å². The van der Waals surface area contributed by atoms with Crippen LogP contribution in [0.2, 0.25) is 0 Å². The van der Waals surface area contributed by atoms with Gasteiger partial charge < -0.3 is 15.4 Å². The highest BCUT2D eigenvalue weighted by molar-refractivity contribution is 5.85. The highest BCUT2D eigenvalue weighted by Crippen LogP contribution is 2.43. The van der Waals surface area contributed by atoms with Gasteiger partial charge in [0, 0.05) is 13.1 Å². The standard InChI is InChI=1S/C19H28N2O2.ClH/c1-14-6-7-15(11-17(14)23-2)8-10-21-18(22)19-9-4-3-5-16(19)12-20-13-19;/h6-7,11,16,20H,3-5,8-10,12-13H2,1-2H3,(H,21,22);1H/t16-,19+;/m0./s1. The maximum atomic E-state index is 12.8. The summed E-state index contributed by atoms with van der Waals surface area (Å²) in [7, 11) is 1.70. The zero-order valence-electron chi connectivity index (χ0n) is 14.7. The number of rotatable bonds is 5. The lowest BCUT2D eigenvalue weighted by molar-refractivity contribution is -0.133. The van der Waals surface area contributed by atoms with Crippen LogP contribution in [0.3, 0.4) is 0 Å². The van der Waals surface area contributed by atoms with Crippen LogP contribution < -0.4 is 15.4 Å². The molecule has 1 heterocycles. The maximum Gasteiger partial charge on any atom is 0.227 e. The molecule has 2 fully saturated rings. The average Bonchev–Trinajstić information content (AvgIpc) is 3.01. The topological polar surface area (TPSA) is 50.4 Å². The van der Waals surface area contributed by atoms with E-state index in [-0.39, 0.29) is 23.7 Å². The van der Waals surface area contributed by atoms with Crippen molar-refractivity contribution in [1.82, 2.24) is 10.6 Å². The predicted octanol–water partition coefficient (Wildman–Crippen LogP) is 2.86. The fourth-order valence-electron chi connectivity index (χ4n) is 4.21. The Hall–Kier alpha value is -1.26. The molecule has 0 radical (unpaired) electrons. The first-order valence-corrected chi connectivity index (χ1v) is 8.78. The lowest BCUT2D eigenvalue weighted by Gasteiger charge is -2.37. The molecule has 24 heavy (non-hydrogen) atoms. The zero-order chi connectivity index (χ0) is 16.3. The third kappa shape index (κ3) is 3.70. The molecule has 1 saturated heterocycles. The molecule has 1 aliphatic heterocycles. The number of halogens is 1. The van der Waals surface area contributed by atoms with E-state index in [2.05, 4.69) is 28.8 Å². The summed E-state index contributed by atoms with van der Waals surface area (Å²) in [6.07, 6.45) is 5.52. The van der Waals surface area contributed by atoms with Gasteiger partial charge in [-0.05, 0) is 55.8 Å². The Bertz CT molecular complexity index is 578. The van der Waals surface area contributed by atoms with E-state index >= 15 is 0 Å². The summed E-state index contributed by atoms with van der Waals surface area (Å²) in [6.45, 7) is 4.59. The van der Waals surface area contributed by atoms with Gasteiger partial charge in [0.25, 0.3) is 0 Å². The molecule has 1 aliphatic carbocycles. The van der Waals surface area contributed by atoms with Crippen molar-refractivity contribution in [3.05, 3.63) is 29.3 Å². The minimum Gasteiger partial charge on any atom is -0.496 e. The molecule has 2 aliphatic rings. The molecule has 0 aromatic heterocycles. The largest absolute Gasteiger partial charge is 0.496 e. The summed E-state index contributed by atoms with van der Waals surface area (Å²) >= 11 is 0. The smallest absolute Gasteiger partial charge is 0.227 e. The van der Waals surface area contributed by atoms with E-state index in [0.717, 1.165) is 37.2 Å². The van der Waals surface area contributed by atoms with Crippen LogP contribution in [0.1, 0.15) is 36.8 Å². The van der Waals surface area contributed by atoms with E-state index in [4.69, 9.17) is 4.74 Å². The highest BCUT2D eigenvalue weighted by Gasteiger charge is 2.49. The Morgan fingerprint density at radius 3 is 3.04 bits per heavy atom. The van der Waals surface area contributed by atoms with E-state index in [0.29, 0.717) is 12.5 Å². The van der Waals surface area contributed by atoms with Gasteiger partial charge in [0.1, 0.15) is 5.75 Å². The van der Waals surface area contributed by atoms with Crippen LogP contribution in [-0.2, 0) is 11.2 Å². The van der Waals surface area contributed by atoms with Crippen LogP contribution in [0.25, 0.3) is 0 Å². The Kier molecular flexibility index (Phi) is 6.53. The number of carbonyl (C=O) groups excluding carboxylic acids is 1. The Balaban J connectivity index is 0.00000208.